The van der Waals surface area contributed by atoms with Gasteiger partial charge in [0.15, 0.2) is 5.16 Å². The first-order chi connectivity index (χ1) is 13.7. The smallest absolute Gasteiger partial charge is 0.268 e. The maximum Gasteiger partial charge on any atom is 0.268 e. The third-order valence-electron chi connectivity index (χ3n) is 4.26. The van der Waals surface area contributed by atoms with Crippen LogP contribution in [0.2, 0.25) is 0 Å². The van der Waals surface area contributed by atoms with Crippen molar-refractivity contribution < 1.29 is 4.74 Å². The minimum Gasteiger partial charge on any atom is -0.385 e. The number of benzene rings is 1. The highest BCUT2D eigenvalue weighted by Gasteiger charge is 2.13. The van der Waals surface area contributed by atoms with E-state index in [-0.39, 0.29) is 11.1 Å². The van der Waals surface area contributed by atoms with Crippen molar-refractivity contribution in [3.63, 3.8) is 0 Å². The molecule has 9 heteroatoms. The second-order valence-electron chi connectivity index (χ2n) is 6.15. The molecule has 0 bridgehead atoms. The van der Waals surface area contributed by atoms with Gasteiger partial charge in [-0.3, -0.25) is 14.2 Å². The van der Waals surface area contributed by atoms with Gasteiger partial charge in [-0.25, -0.2) is 9.97 Å². The first kappa shape index (κ1) is 18.9. The van der Waals surface area contributed by atoms with E-state index in [9.17, 15) is 9.59 Å². The molecule has 0 atom stereocenters. The van der Waals surface area contributed by atoms with Crippen molar-refractivity contribution in [1.29, 1.82) is 0 Å². The lowest BCUT2D eigenvalue weighted by molar-refractivity contribution is 0.189. The Morgan fingerprint density at radius 1 is 1.18 bits per heavy atom. The molecule has 0 unspecified atom stereocenters. The van der Waals surface area contributed by atoms with E-state index >= 15 is 0 Å². The zero-order valence-electron chi connectivity index (χ0n) is 15.2. The molecule has 0 amide bonds. The van der Waals surface area contributed by atoms with Crippen LogP contribution in [0.1, 0.15) is 12.2 Å². The number of thiophene rings is 1. The summed E-state index contributed by atoms with van der Waals surface area (Å²) in [6, 6.07) is 9.15. The highest BCUT2D eigenvalue weighted by Crippen LogP contribution is 2.22. The van der Waals surface area contributed by atoms with Crippen molar-refractivity contribution in [2.24, 2.45) is 0 Å². The Labute approximate surface area is 168 Å². The lowest BCUT2D eigenvalue weighted by Crippen LogP contribution is -2.24. The maximum absolute atomic E-state index is 12.9. The molecule has 0 fully saturated rings. The number of rotatable bonds is 7. The van der Waals surface area contributed by atoms with E-state index in [1.807, 2.05) is 29.6 Å². The lowest BCUT2D eigenvalue weighted by Gasteiger charge is -2.12. The van der Waals surface area contributed by atoms with Gasteiger partial charge in [0.05, 0.1) is 22.2 Å². The van der Waals surface area contributed by atoms with Crippen molar-refractivity contribution in [1.82, 2.24) is 19.5 Å². The number of H-pyrrole nitrogens is 1. The summed E-state index contributed by atoms with van der Waals surface area (Å²) in [5, 5.41) is 3.05. The average Bonchev–Trinajstić information content (AvgIpc) is 3.18. The molecule has 1 N–H and O–H groups in total. The van der Waals surface area contributed by atoms with Gasteiger partial charge in [-0.2, -0.15) is 0 Å². The molecule has 4 aromatic rings. The highest BCUT2D eigenvalue weighted by atomic mass is 32.2. The molecule has 144 valence electrons. The largest absolute Gasteiger partial charge is 0.385 e. The third kappa shape index (κ3) is 3.73. The minimum atomic E-state index is -0.139. The summed E-state index contributed by atoms with van der Waals surface area (Å²) in [6.45, 7) is 1.08. The predicted molar refractivity (Wildman–Crippen MR) is 112 cm³/mol. The summed E-state index contributed by atoms with van der Waals surface area (Å²) in [6.07, 6.45) is 0.708. The van der Waals surface area contributed by atoms with Crippen LogP contribution in [0.5, 0.6) is 0 Å². The molecule has 0 aliphatic heterocycles. The monoisotopic (exact) mass is 414 g/mol. The van der Waals surface area contributed by atoms with Crippen molar-refractivity contribution in [2.45, 2.75) is 23.9 Å². The van der Waals surface area contributed by atoms with Gasteiger partial charge >= 0.3 is 0 Å². The first-order valence-electron chi connectivity index (χ1n) is 8.75. The predicted octanol–water partition coefficient (Wildman–Crippen LogP) is 3.02. The Kier molecular flexibility index (Phi) is 5.56. The molecular formula is C19H18N4O3S2. The molecule has 0 aliphatic carbocycles. The molecule has 0 saturated heterocycles. The number of para-hydroxylation sites is 1. The van der Waals surface area contributed by atoms with Gasteiger partial charge in [0.25, 0.3) is 11.1 Å². The summed E-state index contributed by atoms with van der Waals surface area (Å²) in [5.74, 6) is 0.975. The molecule has 7 nitrogen and oxygen atoms in total. The Morgan fingerprint density at radius 3 is 2.89 bits per heavy atom. The molecule has 0 radical (unpaired) electrons. The van der Waals surface area contributed by atoms with E-state index < -0.39 is 0 Å². The molecule has 3 aromatic heterocycles. The number of aromatic nitrogens is 4. The lowest BCUT2D eigenvalue weighted by atomic mass is 10.2. The molecule has 0 saturated carbocycles. The third-order valence-corrected chi connectivity index (χ3v) is 6.15. The van der Waals surface area contributed by atoms with Gasteiger partial charge < -0.3 is 9.72 Å². The average molecular weight is 415 g/mol. The second-order valence-corrected chi connectivity index (χ2v) is 8.01. The van der Waals surface area contributed by atoms with Crippen molar-refractivity contribution in [2.75, 3.05) is 13.7 Å². The number of methoxy groups -OCH3 is 1. The standard InChI is InChI=1S/C19H18N4O3S2/c1-26-9-4-8-23-18(25)12-5-2-3-6-13(12)21-19(23)28-11-15-20-14-7-10-27-16(14)17(24)22-15/h2-3,5-7,10H,4,8-9,11H2,1H3,(H,20,22,24). The summed E-state index contributed by atoms with van der Waals surface area (Å²) < 4.78 is 7.41. The number of aromatic amines is 1. The van der Waals surface area contributed by atoms with E-state index in [1.54, 1.807) is 17.7 Å². The summed E-state index contributed by atoms with van der Waals surface area (Å²) in [5.41, 5.74) is 1.14. The van der Waals surface area contributed by atoms with Crippen LogP contribution in [-0.2, 0) is 17.0 Å². The fourth-order valence-corrected chi connectivity index (χ4v) is 4.57. The number of hydrogen-bond donors (Lipinski definition) is 1. The molecule has 4 rings (SSSR count). The summed E-state index contributed by atoms with van der Waals surface area (Å²) in [4.78, 5) is 37.1. The molecule has 3 heterocycles. The van der Waals surface area contributed by atoms with Crippen LogP contribution in [-0.4, -0.2) is 33.2 Å². The molecule has 1 aromatic carbocycles. The SMILES string of the molecule is COCCCn1c(SCc2nc3ccsc3c(=O)[nH]2)nc2ccccc2c1=O. The molecule has 0 aliphatic rings. The summed E-state index contributed by atoms with van der Waals surface area (Å²) in [7, 11) is 1.64. The van der Waals surface area contributed by atoms with E-state index in [1.165, 1.54) is 23.1 Å². The summed E-state index contributed by atoms with van der Waals surface area (Å²) >= 11 is 2.76. The van der Waals surface area contributed by atoms with E-state index in [2.05, 4.69) is 15.0 Å². The number of nitrogens with zero attached hydrogens (tertiary/aromatic N) is 3. The van der Waals surface area contributed by atoms with Crippen LogP contribution in [0, 0.1) is 0 Å². The number of ether oxygens (including phenoxy) is 1. The fourth-order valence-electron chi connectivity index (χ4n) is 2.94. The van der Waals surface area contributed by atoms with Gasteiger partial charge in [0.2, 0.25) is 0 Å². The van der Waals surface area contributed by atoms with Crippen molar-refractivity contribution in [3.05, 3.63) is 62.2 Å². The number of fused-ring (bicyclic) bond motifs is 2. The zero-order chi connectivity index (χ0) is 19.5. The molecule has 28 heavy (non-hydrogen) atoms. The van der Waals surface area contributed by atoms with Crippen molar-refractivity contribution in [3.8, 4) is 0 Å². The van der Waals surface area contributed by atoms with Gasteiger partial charge in [-0.05, 0) is 30.0 Å². The Bertz CT molecular complexity index is 1250. The fraction of sp³-hybridized carbons (Fsp3) is 0.263. The van der Waals surface area contributed by atoms with E-state index in [4.69, 9.17) is 4.74 Å². The number of hydrogen-bond acceptors (Lipinski definition) is 7. The normalized spacial score (nSPS) is 11.5. The van der Waals surface area contributed by atoms with Gasteiger partial charge in [0, 0.05) is 20.3 Å². The highest BCUT2D eigenvalue weighted by molar-refractivity contribution is 7.98. The topological polar surface area (TPSA) is 89.9 Å². The number of thioether (sulfide) groups is 1. The molecular weight excluding hydrogens is 396 g/mol. The number of nitrogens with one attached hydrogen (secondary N) is 1. The van der Waals surface area contributed by atoms with Crippen LogP contribution < -0.4 is 11.1 Å². The zero-order valence-corrected chi connectivity index (χ0v) is 16.8. The minimum absolute atomic E-state index is 0.0704. The van der Waals surface area contributed by atoms with Gasteiger partial charge in [-0.1, -0.05) is 23.9 Å². The Morgan fingerprint density at radius 2 is 2.04 bits per heavy atom. The quantitative estimate of drug-likeness (QED) is 0.284. The van der Waals surface area contributed by atoms with Crippen molar-refractivity contribution >= 4 is 44.2 Å². The van der Waals surface area contributed by atoms with Crippen LogP contribution in [0.3, 0.4) is 0 Å². The van der Waals surface area contributed by atoms with Gasteiger partial charge in [-0.15, -0.1) is 11.3 Å². The van der Waals surface area contributed by atoms with Crippen LogP contribution >= 0.6 is 23.1 Å². The van der Waals surface area contributed by atoms with Crippen LogP contribution in [0.15, 0.2) is 50.5 Å². The van der Waals surface area contributed by atoms with Crippen LogP contribution in [0.25, 0.3) is 21.1 Å². The first-order valence-corrected chi connectivity index (χ1v) is 10.6. The Hall–Kier alpha value is -2.49. The maximum atomic E-state index is 12.9. The van der Waals surface area contributed by atoms with Gasteiger partial charge in [0.1, 0.15) is 10.5 Å². The molecule has 0 spiro atoms. The Balaban J connectivity index is 1.68. The second kappa shape index (κ2) is 8.26. The van der Waals surface area contributed by atoms with E-state index in [0.717, 1.165) is 0 Å². The van der Waals surface area contributed by atoms with E-state index in [0.29, 0.717) is 57.4 Å². The van der Waals surface area contributed by atoms with Crippen LogP contribution in [0.4, 0.5) is 0 Å².